The molecule has 0 aromatic heterocycles. The number of carbonyl (C=O) groups is 1. The molecule has 0 saturated carbocycles. The van der Waals surface area contributed by atoms with Crippen molar-refractivity contribution in [1.29, 1.82) is 0 Å². The Labute approximate surface area is 99.1 Å². The molecule has 0 aliphatic carbocycles. The molecule has 1 rings (SSSR count). The number of Topliss-reactive ketones (excluding diaryl/α,β-unsaturated/α-hetero) is 1. The van der Waals surface area contributed by atoms with Gasteiger partial charge in [0, 0.05) is 11.6 Å². The van der Waals surface area contributed by atoms with Crippen LogP contribution in [-0.4, -0.2) is 28.3 Å². The second-order valence-corrected chi connectivity index (χ2v) is 3.42. The van der Waals surface area contributed by atoms with Gasteiger partial charge < -0.3 is 9.84 Å². The van der Waals surface area contributed by atoms with Gasteiger partial charge >= 0.3 is 5.69 Å². The lowest BCUT2D eigenvalue weighted by atomic mass is 10.1. The van der Waals surface area contributed by atoms with Crippen molar-refractivity contribution < 1.29 is 19.6 Å². The molecule has 16 heavy (non-hydrogen) atoms. The van der Waals surface area contributed by atoms with E-state index in [1.807, 2.05) is 0 Å². The van der Waals surface area contributed by atoms with Crippen LogP contribution in [0.2, 0.25) is 0 Å². The second kappa shape index (κ2) is 4.93. The number of phenols is 1. The number of ether oxygens (including phenoxy) is 1. The number of alkyl halides is 1. The van der Waals surface area contributed by atoms with Gasteiger partial charge in [0.25, 0.3) is 0 Å². The highest BCUT2D eigenvalue weighted by molar-refractivity contribution is 9.09. The summed E-state index contributed by atoms with van der Waals surface area (Å²) in [6, 6.07) is 2.27. The number of hydrogen-bond donors (Lipinski definition) is 1. The summed E-state index contributed by atoms with van der Waals surface area (Å²) in [7, 11) is 1.25. The van der Waals surface area contributed by atoms with Gasteiger partial charge in [-0.05, 0) is 6.07 Å². The highest BCUT2D eigenvalue weighted by Gasteiger charge is 2.21. The molecule has 0 amide bonds. The molecule has 0 atom stereocenters. The fourth-order valence-electron chi connectivity index (χ4n) is 1.13. The molecule has 0 aliphatic heterocycles. The van der Waals surface area contributed by atoms with E-state index in [0.717, 1.165) is 6.07 Å². The minimum atomic E-state index is -0.775. The largest absolute Gasteiger partial charge is 0.500 e. The van der Waals surface area contributed by atoms with E-state index in [-0.39, 0.29) is 22.4 Å². The number of benzene rings is 1. The Balaban J connectivity index is 3.40. The number of hydrogen-bond acceptors (Lipinski definition) is 5. The molecular formula is C9H8BrNO5. The molecule has 0 saturated heterocycles. The maximum absolute atomic E-state index is 11.4. The van der Waals surface area contributed by atoms with Crippen molar-refractivity contribution in [2.45, 2.75) is 0 Å². The molecular weight excluding hydrogens is 282 g/mol. The van der Waals surface area contributed by atoms with E-state index in [0.29, 0.717) is 0 Å². The molecule has 0 radical (unpaired) electrons. The van der Waals surface area contributed by atoms with Crippen LogP contribution < -0.4 is 4.74 Å². The number of nitro groups is 1. The normalized spacial score (nSPS) is 9.88. The number of halogens is 1. The van der Waals surface area contributed by atoms with Crippen molar-refractivity contribution in [2.75, 3.05) is 12.4 Å². The van der Waals surface area contributed by atoms with Gasteiger partial charge in [-0.1, -0.05) is 15.9 Å². The Hall–Kier alpha value is -1.63. The maximum Gasteiger partial charge on any atom is 0.315 e. The first-order chi connectivity index (χ1) is 7.51. The van der Waals surface area contributed by atoms with E-state index in [1.165, 1.54) is 13.2 Å². The first-order valence-corrected chi connectivity index (χ1v) is 5.28. The molecule has 1 aromatic carbocycles. The summed E-state index contributed by atoms with van der Waals surface area (Å²) in [4.78, 5) is 21.2. The summed E-state index contributed by atoms with van der Waals surface area (Å²) in [5.74, 6) is -1.02. The SMILES string of the molecule is COc1cc(C(=O)CBr)cc([N+](=O)[O-])c1O. The third kappa shape index (κ3) is 2.30. The number of phenolic OH excluding ortho intramolecular Hbond substituents is 1. The van der Waals surface area contributed by atoms with E-state index in [2.05, 4.69) is 15.9 Å². The highest BCUT2D eigenvalue weighted by atomic mass is 79.9. The van der Waals surface area contributed by atoms with E-state index >= 15 is 0 Å². The monoisotopic (exact) mass is 289 g/mol. The van der Waals surface area contributed by atoms with Gasteiger partial charge in [0.2, 0.25) is 5.75 Å². The Morgan fingerprint density at radius 1 is 1.62 bits per heavy atom. The zero-order valence-corrected chi connectivity index (χ0v) is 9.85. The lowest BCUT2D eigenvalue weighted by Crippen LogP contribution is -2.02. The predicted molar refractivity (Wildman–Crippen MR) is 59.4 cm³/mol. The minimum absolute atomic E-state index is 0.0398. The van der Waals surface area contributed by atoms with Gasteiger partial charge in [-0.3, -0.25) is 14.9 Å². The van der Waals surface area contributed by atoms with Gasteiger partial charge in [0.15, 0.2) is 11.5 Å². The van der Waals surface area contributed by atoms with Crippen LogP contribution in [0.25, 0.3) is 0 Å². The van der Waals surface area contributed by atoms with Gasteiger partial charge in [-0.2, -0.15) is 0 Å². The minimum Gasteiger partial charge on any atom is -0.500 e. The molecule has 0 unspecified atom stereocenters. The predicted octanol–water partition coefficient (Wildman–Crippen LogP) is 1.89. The van der Waals surface area contributed by atoms with E-state index in [9.17, 15) is 20.0 Å². The van der Waals surface area contributed by atoms with Crippen molar-refractivity contribution >= 4 is 27.4 Å². The molecule has 0 aliphatic rings. The fourth-order valence-corrected chi connectivity index (χ4v) is 1.45. The molecule has 0 heterocycles. The summed E-state index contributed by atoms with van der Waals surface area (Å²) < 4.78 is 4.75. The quantitative estimate of drug-likeness (QED) is 0.396. The summed E-state index contributed by atoms with van der Waals surface area (Å²) >= 11 is 2.96. The van der Waals surface area contributed by atoms with E-state index in [1.54, 1.807) is 0 Å². The van der Waals surface area contributed by atoms with Gasteiger partial charge in [-0.25, -0.2) is 0 Å². The molecule has 1 N–H and O–H groups in total. The van der Waals surface area contributed by atoms with Crippen molar-refractivity contribution in [1.82, 2.24) is 0 Å². The highest BCUT2D eigenvalue weighted by Crippen LogP contribution is 2.36. The van der Waals surface area contributed by atoms with Crippen molar-refractivity contribution in [3.63, 3.8) is 0 Å². The number of nitrogens with zero attached hydrogens (tertiary/aromatic N) is 1. The zero-order valence-electron chi connectivity index (χ0n) is 8.27. The molecule has 86 valence electrons. The Morgan fingerprint density at radius 2 is 2.25 bits per heavy atom. The van der Waals surface area contributed by atoms with Crippen LogP contribution in [0.3, 0.4) is 0 Å². The van der Waals surface area contributed by atoms with Crippen LogP contribution in [0, 0.1) is 10.1 Å². The van der Waals surface area contributed by atoms with E-state index in [4.69, 9.17) is 4.74 Å². The third-order valence-corrected chi connectivity index (χ3v) is 2.42. The molecule has 0 fully saturated rings. The van der Waals surface area contributed by atoms with Gasteiger partial charge in [0.1, 0.15) is 0 Å². The summed E-state index contributed by atoms with van der Waals surface area (Å²) in [5.41, 5.74) is -0.443. The summed E-state index contributed by atoms with van der Waals surface area (Å²) in [5, 5.41) is 20.1. The molecule has 1 aromatic rings. The number of carbonyl (C=O) groups excluding carboxylic acids is 1. The molecule has 6 nitrogen and oxygen atoms in total. The van der Waals surface area contributed by atoms with Crippen LogP contribution in [-0.2, 0) is 0 Å². The van der Waals surface area contributed by atoms with E-state index < -0.39 is 16.4 Å². The molecule has 0 bridgehead atoms. The Morgan fingerprint density at radius 3 is 2.69 bits per heavy atom. The van der Waals surface area contributed by atoms with Crippen LogP contribution >= 0.6 is 15.9 Å². The number of rotatable bonds is 4. The smallest absolute Gasteiger partial charge is 0.315 e. The zero-order chi connectivity index (χ0) is 12.3. The molecule has 7 heteroatoms. The topological polar surface area (TPSA) is 89.7 Å². The maximum atomic E-state index is 11.4. The van der Waals surface area contributed by atoms with Gasteiger partial charge in [-0.15, -0.1) is 0 Å². The number of aromatic hydroxyl groups is 1. The van der Waals surface area contributed by atoms with Crippen LogP contribution in [0.4, 0.5) is 5.69 Å². The van der Waals surface area contributed by atoms with Crippen molar-refractivity contribution in [3.8, 4) is 11.5 Å². The van der Waals surface area contributed by atoms with Crippen molar-refractivity contribution in [3.05, 3.63) is 27.8 Å². The fraction of sp³-hybridized carbons (Fsp3) is 0.222. The van der Waals surface area contributed by atoms with Crippen LogP contribution in [0.5, 0.6) is 11.5 Å². The average molecular weight is 290 g/mol. The lowest BCUT2D eigenvalue weighted by Gasteiger charge is -2.05. The number of methoxy groups -OCH3 is 1. The second-order valence-electron chi connectivity index (χ2n) is 2.86. The summed E-state index contributed by atoms with van der Waals surface area (Å²) in [6.45, 7) is 0. The standard InChI is InChI=1S/C9H8BrNO5/c1-16-8-3-5(7(12)4-10)2-6(9(8)13)11(14)15/h2-3,13H,4H2,1H3. The van der Waals surface area contributed by atoms with Crippen molar-refractivity contribution in [2.24, 2.45) is 0 Å². The van der Waals surface area contributed by atoms with Crippen LogP contribution in [0.1, 0.15) is 10.4 Å². The molecule has 0 spiro atoms. The summed E-state index contributed by atoms with van der Waals surface area (Å²) in [6.07, 6.45) is 0. The Bertz CT molecular complexity index is 446. The lowest BCUT2D eigenvalue weighted by molar-refractivity contribution is -0.386. The number of nitro benzene ring substituents is 1. The first kappa shape index (κ1) is 12.4. The van der Waals surface area contributed by atoms with Gasteiger partial charge in [0.05, 0.1) is 17.4 Å². The number of ketones is 1. The average Bonchev–Trinajstić information content (AvgIpc) is 2.27. The third-order valence-electron chi connectivity index (χ3n) is 1.91. The first-order valence-electron chi connectivity index (χ1n) is 4.15. The Kier molecular flexibility index (Phi) is 3.83. The van der Waals surface area contributed by atoms with Crippen LogP contribution in [0.15, 0.2) is 12.1 Å².